The van der Waals surface area contributed by atoms with E-state index in [1.165, 1.54) is 18.6 Å². The molecule has 2 aliphatic heterocycles. The van der Waals surface area contributed by atoms with E-state index in [4.69, 9.17) is 13.9 Å². The number of aromatic nitrogens is 1. The third-order valence-corrected chi connectivity index (χ3v) is 7.42. The lowest BCUT2D eigenvalue weighted by Gasteiger charge is -2.16. The Balaban J connectivity index is 1.17. The first-order chi connectivity index (χ1) is 16.7. The molecule has 4 fully saturated rings. The number of nitrogens with zero attached hydrogens (tertiary/aromatic N) is 2. The third kappa shape index (κ3) is 4.70. The van der Waals surface area contributed by atoms with E-state index in [0.717, 1.165) is 25.3 Å². The van der Waals surface area contributed by atoms with Crippen molar-refractivity contribution in [2.24, 2.45) is 17.8 Å². The lowest BCUT2D eigenvalue weighted by molar-refractivity contribution is -0.130. The summed E-state index contributed by atoms with van der Waals surface area (Å²) in [6.07, 6.45) is -2.15. The molecule has 2 aliphatic carbocycles. The standard InChI is InChI=1S/C24H25F4N3O4/c25-17-8-15(1-2-18(17)34-16-6-13-5-14(13)7-16)29-22(32)21-19(9-24(26,27)28)35-23(30-21)31-10-12-3-4-33-20(12)11-31/h1-2,8,12-14,16,20H,3-7,9-11H2,(H,29,32). The molecular weight excluding hydrogens is 470 g/mol. The minimum Gasteiger partial charge on any atom is -0.487 e. The maximum Gasteiger partial charge on any atom is 0.396 e. The Hall–Kier alpha value is -2.82. The number of anilines is 2. The predicted molar refractivity (Wildman–Crippen MR) is 116 cm³/mol. The Morgan fingerprint density at radius 1 is 1.17 bits per heavy atom. The number of hydrogen-bond acceptors (Lipinski definition) is 6. The largest absolute Gasteiger partial charge is 0.487 e. The van der Waals surface area contributed by atoms with Crippen LogP contribution in [0.15, 0.2) is 22.6 Å². The van der Waals surface area contributed by atoms with Crippen LogP contribution in [-0.4, -0.2) is 49.0 Å². The van der Waals surface area contributed by atoms with Crippen LogP contribution < -0.4 is 15.0 Å². The van der Waals surface area contributed by atoms with Gasteiger partial charge in [0.15, 0.2) is 17.3 Å². The Morgan fingerprint density at radius 2 is 1.97 bits per heavy atom. The third-order valence-electron chi connectivity index (χ3n) is 7.42. The zero-order valence-corrected chi connectivity index (χ0v) is 18.8. The molecule has 1 amide bonds. The van der Waals surface area contributed by atoms with Crippen molar-refractivity contribution in [1.29, 1.82) is 0 Å². The molecule has 4 atom stereocenters. The molecule has 1 aromatic heterocycles. The van der Waals surface area contributed by atoms with Gasteiger partial charge in [0.05, 0.1) is 12.2 Å². The molecule has 188 valence electrons. The van der Waals surface area contributed by atoms with Gasteiger partial charge in [0.1, 0.15) is 12.2 Å². The molecule has 0 spiro atoms. The van der Waals surface area contributed by atoms with Gasteiger partial charge in [-0.2, -0.15) is 18.2 Å². The monoisotopic (exact) mass is 495 g/mol. The fourth-order valence-corrected chi connectivity index (χ4v) is 5.59. The van der Waals surface area contributed by atoms with Crippen molar-refractivity contribution < 1.29 is 36.2 Å². The van der Waals surface area contributed by atoms with Crippen LogP contribution >= 0.6 is 0 Å². The first kappa shape index (κ1) is 22.6. The van der Waals surface area contributed by atoms with Gasteiger partial charge in [-0.05, 0) is 49.7 Å². The Kier molecular flexibility index (Phi) is 5.43. The zero-order valence-electron chi connectivity index (χ0n) is 18.8. The summed E-state index contributed by atoms with van der Waals surface area (Å²) in [5, 5.41) is 2.44. The number of fused-ring (bicyclic) bond motifs is 2. The summed E-state index contributed by atoms with van der Waals surface area (Å²) in [4.78, 5) is 18.7. The van der Waals surface area contributed by atoms with Crippen LogP contribution in [0.1, 0.15) is 41.9 Å². The molecule has 3 heterocycles. The average Bonchev–Trinajstić information content (AvgIpc) is 3.22. The van der Waals surface area contributed by atoms with Crippen molar-refractivity contribution >= 4 is 17.6 Å². The minimum atomic E-state index is -4.59. The van der Waals surface area contributed by atoms with E-state index in [9.17, 15) is 22.4 Å². The molecule has 4 unspecified atom stereocenters. The van der Waals surface area contributed by atoms with Gasteiger partial charge in [-0.25, -0.2) is 4.39 Å². The van der Waals surface area contributed by atoms with Crippen molar-refractivity contribution in [3.8, 4) is 5.75 Å². The number of halogens is 4. The normalized spacial score (nSPS) is 29.3. The van der Waals surface area contributed by atoms with Gasteiger partial charge in [0, 0.05) is 37.4 Å². The second-order valence-corrected chi connectivity index (χ2v) is 9.99. The fraction of sp³-hybridized carbons (Fsp3) is 0.583. The van der Waals surface area contributed by atoms with Crippen LogP contribution in [0.25, 0.3) is 0 Å². The summed E-state index contributed by atoms with van der Waals surface area (Å²) < 4.78 is 70.9. The lowest BCUT2D eigenvalue weighted by Crippen LogP contribution is -2.23. The number of ether oxygens (including phenoxy) is 2. The average molecular weight is 495 g/mol. The quantitative estimate of drug-likeness (QED) is 0.592. The topological polar surface area (TPSA) is 76.8 Å². The fourth-order valence-electron chi connectivity index (χ4n) is 5.59. The number of oxazole rings is 1. The molecule has 7 nitrogen and oxygen atoms in total. The van der Waals surface area contributed by atoms with Crippen molar-refractivity contribution in [1.82, 2.24) is 4.98 Å². The first-order valence-corrected chi connectivity index (χ1v) is 11.9. The molecule has 2 aromatic rings. The summed E-state index contributed by atoms with van der Waals surface area (Å²) in [6, 6.07) is 3.92. The first-order valence-electron chi connectivity index (χ1n) is 11.9. The number of amides is 1. The van der Waals surface area contributed by atoms with Gasteiger partial charge in [0.2, 0.25) is 0 Å². The number of benzene rings is 1. The SMILES string of the molecule is O=C(Nc1ccc(OC2CC3CC3C2)c(F)c1)c1nc(N2CC3CCOC3C2)oc1CC(F)(F)F. The van der Waals surface area contributed by atoms with Gasteiger partial charge in [-0.15, -0.1) is 0 Å². The molecule has 11 heteroatoms. The maximum absolute atomic E-state index is 14.6. The summed E-state index contributed by atoms with van der Waals surface area (Å²) >= 11 is 0. The number of nitrogens with one attached hydrogen (secondary N) is 1. The van der Waals surface area contributed by atoms with Gasteiger partial charge in [-0.1, -0.05) is 0 Å². The lowest BCUT2D eigenvalue weighted by atomic mass is 10.1. The molecule has 0 bridgehead atoms. The van der Waals surface area contributed by atoms with Crippen LogP contribution in [0.4, 0.5) is 29.3 Å². The van der Waals surface area contributed by atoms with Crippen molar-refractivity contribution in [2.75, 3.05) is 29.9 Å². The van der Waals surface area contributed by atoms with Crippen LogP contribution in [0.5, 0.6) is 5.75 Å². The summed E-state index contributed by atoms with van der Waals surface area (Å²) in [5.74, 6) is -0.410. The second-order valence-electron chi connectivity index (χ2n) is 9.99. The highest BCUT2D eigenvalue weighted by Crippen LogP contribution is 2.52. The van der Waals surface area contributed by atoms with Crippen LogP contribution in [-0.2, 0) is 11.2 Å². The molecule has 0 radical (unpaired) electrons. The van der Waals surface area contributed by atoms with Crippen LogP contribution in [0, 0.1) is 23.6 Å². The maximum atomic E-state index is 14.6. The van der Waals surface area contributed by atoms with Crippen LogP contribution in [0.2, 0.25) is 0 Å². The number of hydrogen-bond donors (Lipinski definition) is 1. The van der Waals surface area contributed by atoms with Gasteiger partial charge < -0.3 is 24.1 Å². The second kappa shape index (κ2) is 8.39. The highest BCUT2D eigenvalue weighted by atomic mass is 19.4. The molecule has 2 saturated heterocycles. The smallest absolute Gasteiger partial charge is 0.396 e. The van der Waals surface area contributed by atoms with E-state index in [1.807, 2.05) is 0 Å². The zero-order chi connectivity index (χ0) is 24.3. The number of carbonyl (C=O) groups is 1. The number of carbonyl (C=O) groups excluding carboxylic acids is 1. The van der Waals surface area contributed by atoms with E-state index in [2.05, 4.69) is 10.3 Å². The van der Waals surface area contributed by atoms with E-state index >= 15 is 0 Å². The molecular formula is C24H25F4N3O4. The van der Waals surface area contributed by atoms with Crippen molar-refractivity contribution in [3.63, 3.8) is 0 Å². The van der Waals surface area contributed by atoms with E-state index in [1.54, 1.807) is 4.90 Å². The Labute approximate surface area is 198 Å². The van der Waals surface area contributed by atoms with Gasteiger partial charge >= 0.3 is 6.18 Å². The number of alkyl halides is 3. The van der Waals surface area contributed by atoms with Crippen LogP contribution in [0.3, 0.4) is 0 Å². The van der Waals surface area contributed by atoms with E-state index in [-0.39, 0.29) is 35.6 Å². The van der Waals surface area contributed by atoms with Gasteiger partial charge in [0.25, 0.3) is 11.9 Å². The summed E-state index contributed by atoms with van der Waals surface area (Å²) in [5.41, 5.74) is -0.387. The Bertz CT molecular complexity index is 1110. The Morgan fingerprint density at radius 3 is 2.69 bits per heavy atom. The van der Waals surface area contributed by atoms with Crippen molar-refractivity contribution in [2.45, 2.75) is 50.5 Å². The number of rotatable bonds is 6. The summed E-state index contributed by atoms with van der Waals surface area (Å²) in [6.45, 7) is 1.63. The molecule has 1 N–H and O–H groups in total. The molecule has 4 aliphatic rings. The molecule has 2 saturated carbocycles. The minimum absolute atomic E-state index is 0.0114. The molecule has 35 heavy (non-hydrogen) atoms. The van der Waals surface area contributed by atoms with E-state index < -0.39 is 35.8 Å². The van der Waals surface area contributed by atoms with Crippen molar-refractivity contribution in [3.05, 3.63) is 35.5 Å². The van der Waals surface area contributed by atoms with Gasteiger partial charge in [-0.3, -0.25) is 4.79 Å². The van der Waals surface area contributed by atoms with E-state index in [0.29, 0.717) is 31.5 Å². The summed E-state index contributed by atoms with van der Waals surface area (Å²) in [7, 11) is 0. The highest BCUT2D eigenvalue weighted by molar-refractivity contribution is 6.03. The highest BCUT2D eigenvalue weighted by Gasteiger charge is 2.47. The molecule has 1 aromatic carbocycles. The predicted octanol–water partition coefficient (Wildman–Crippen LogP) is 4.57. The molecule has 6 rings (SSSR count).